The van der Waals surface area contributed by atoms with E-state index in [1.165, 1.54) is 6.21 Å². The van der Waals surface area contributed by atoms with Gasteiger partial charge in [-0.05, 0) is 48.4 Å². The Morgan fingerprint density at radius 1 is 1.11 bits per heavy atom. The summed E-state index contributed by atoms with van der Waals surface area (Å²) in [4.78, 5) is 23.7. The second-order valence-corrected chi connectivity index (χ2v) is 6.32. The molecule has 2 N–H and O–H groups in total. The van der Waals surface area contributed by atoms with Gasteiger partial charge in [-0.2, -0.15) is 5.10 Å². The molecule has 0 fully saturated rings. The fourth-order valence-electron chi connectivity index (χ4n) is 2.03. The summed E-state index contributed by atoms with van der Waals surface area (Å²) in [5.41, 5.74) is 3.43. The molecule has 0 aliphatic carbocycles. The molecular formula is C19H19Cl2N3O3. The first kappa shape index (κ1) is 20.7. The molecule has 2 amide bonds. The third-order valence-corrected chi connectivity index (χ3v) is 4.12. The van der Waals surface area contributed by atoms with Gasteiger partial charge in [0.15, 0.2) is 0 Å². The minimum atomic E-state index is -0.551. The monoisotopic (exact) mass is 407 g/mol. The van der Waals surface area contributed by atoms with E-state index in [9.17, 15) is 9.59 Å². The maximum absolute atomic E-state index is 11.9. The Kier molecular flexibility index (Phi) is 8.10. The van der Waals surface area contributed by atoms with Crippen molar-refractivity contribution < 1.29 is 14.3 Å². The normalized spacial score (nSPS) is 10.6. The molecule has 0 saturated heterocycles. The number of halogens is 2. The largest absolute Gasteiger partial charge is 0.494 e. The van der Waals surface area contributed by atoms with E-state index in [0.29, 0.717) is 17.3 Å². The number of nitrogens with one attached hydrogen (secondary N) is 2. The minimum Gasteiger partial charge on any atom is -0.494 e. The smallest absolute Gasteiger partial charge is 0.249 e. The molecule has 2 rings (SSSR count). The lowest BCUT2D eigenvalue weighted by molar-refractivity contribution is -0.126. The minimum absolute atomic E-state index is 0.220. The van der Waals surface area contributed by atoms with Crippen LogP contribution in [0.5, 0.6) is 5.75 Å². The average molecular weight is 408 g/mol. The molecule has 2 aromatic rings. The molecule has 6 nitrogen and oxygen atoms in total. The molecule has 0 aromatic heterocycles. The van der Waals surface area contributed by atoms with Gasteiger partial charge in [0.05, 0.1) is 28.6 Å². The van der Waals surface area contributed by atoms with Gasteiger partial charge in [-0.25, -0.2) is 5.43 Å². The van der Waals surface area contributed by atoms with Crippen LogP contribution in [0.1, 0.15) is 25.3 Å². The van der Waals surface area contributed by atoms with Crippen LogP contribution in [0.25, 0.3) is 0 Å². The number of rotatable bonds is 8. The second-order valence-electron chi connectivity index (χ2n) is 5.54. The van der Waals surface area contributed by atoms with Crippen molar-refractivity contribution in [3.05, 3.63) is 58.1 Å². The third kappa shape index (κ3) is 6.92. The first-order chi connectivity index (χ1) is 13.0. The SMILES string of the molecule is CCCOc1ccc(C=NNC(=O)CC(=O)Nc2cccc(Cl)c2Cl)cc1. The van der Waals surface area contributed by atoms with E-state index in [0.717, 1.165) is 17.7 Å². The molecule has 2 aromatic carbocycles. The molecule has 0 aliphatic heterocycles. The fraction of sp³-hybridized carbons (Fsp3) is 0.211. The van der Waals surface area contributed by atoms with Gasteiger partial charge in [0, 0.05) is 0 Å². The first-order valence-corrected chi connectivity index (χ1v) is 9.04. The van der Waals surface area contributed by atoms with E-state index >= 15 is 0 Å². The number of nitrogens with zero attached hydrogens (tertiary/aromatic N) is 1. The topological polar surface area (TPSA) is 79.8 Å². The summed E-state index contributed by atoms with van der Waals surface area (Å²) in [5, 5.41) is 6.90. The zero-order chi connectivity index (χ0) is 19.6. The van der Waals surface area contributed by atoms with Crippen LogP contribution in [-0.2, 0) is 9.59 Å². The van der Waals surface area contributed by atoms with Crippen LogP contribution in [0.2, 0.25) is 10.0 Å². The Balaban J connectivity index is 1.80. The number of benzene rings is 2. The summed E-state index contributed by atoms with van der Waals surface area (Å²) in [6.45, 7) is 2.69. The Labute approximate surface area is 167 Å². The summed E-state index contributed by atoms with van der Waals surface area (Å²) in [6, 6.07) is 12.1. The highest BCUT2D eigenvalue weighted by molar-refractivity contribution is 6.44. The van der Waals surface area contributed by atoms with Crippen molar-refractivity contribution >= 4 is 46.9 Å². The maximum Gasteiger partial charge on any atom is 0.249 e. The number of carbonyl (C=O) groups excluding carboxylic acids is 2. The highest BCUT2D eigenvalue weighted by Gasteiger charge is 2.12. The van der Waals surface area contributed by atoms with Gasteiger partial charge in [0.2, 0.25) is 11.8 Å². The highest BCUT2D eigenvalue weighted by Crippen LogP contribution is 2.29. The Hall–Kier alpha value is -2.57. The van der Waals surface area contributed by atoms with Gasteiger partial charge in [0.1, 0.15) is 12.2 Å². The summed E-state index contributed by atoms with van der Waals surface area (Å²) in [6.07, 6.45) is 2.02. The van der Waals surface area contributed by atoms with Gasteiger partial charge in [-0.15, -0.1) is 0 Å². The molecule has 0 spiro atoms. The van der Waals surface area contributed by atoms with Gasteiger partial charge in [-0.1, -0.05) is 36.2 Å². The average Bonchev–Trinajstić information content (AvgIpc) is 2.65. The number of amides is 2. The summed E-state index contributed by atoms with van der Waals surface area (Å²) < 4.78 is 5.48. The molecule has 0 unspecified atom stereocenters. The summed E-state index contributed by atoms with van der Waals surface area (Å²) in [7, 11) is 0. The number of hydrogen-bond donors (Lipinski definition) is 2. The Bertz CT molecular complexity index is 823. The van der Waals surface area contributed by atoms with E-state index in [2.05, 4.69) is 15.8 Å². The van der Waals surface area contributed by atoms with Crippen LogP contribution >= 0.6 is 23.2 Å². The number of hydrazone groups is 1. The summed E-state index contributed by atoms with van der Waals surface area (Å²) in [5.74, 6) is -0.302. The molecule has 0 heterocycles. The number of anilines is 1. The molecule has 0 bridgehead atoms. The van der Waals surface area contributed by atoms with E-state index in [1.54, 1.807) is 18.2 Å². The van der Waals surface area contributed by atoms with Crippen LogP contribution < -0.4 is 15.5 Å². The zero-order valence-corrected chi connectivity index (χ0v) is 16.2. The molecule has 0 radical (unpaired) electrons. The maximum atomic E-state index is 11.9. The van der Waals surface area contributed by atoms with E-state index in [-0.39, 0.29) is 5.02 Å². The van der Waals surface area contributed by atoms with Crippen molar-refractivity contribution in [1.29, 1.82) is 0 Å². The van der Waals surface area contributed by atoms with E-state index in [4.69, 9.17) is 27.9 Å². The molecule has 0 saturated carbocycles. The second kappa shape index (κ2) is 10.5. The highest BCUT2D eigenvalue weighted by atomic mass is 35.5. The molecule has 8 heteroatoms. The van der Waals surface area contributed by atoms with Crippen molar-refractivity contribution in [3.8, 4) is 5.75 Å². The predicted octanol–water partition coefficient (Wildman–Crippen LogP) is 4.26. The molecule has 0 atom stereocenters. The van der Waals surface area contributed by atoms with Crippen LogP contribution in [0.3, 0.4) is 0 Å². The van der Waals surface area contributed by atoms with Crippen LogP contribution in [-0.4, -0.2) is 24.6 Å². The van der Waals surface area contributed by atoms with Crippen molar-refractivity contribution in [3.63, 3.8) is 0 Å². The molecule has 0 aliphatic rings. The third-order valence-electron chi connectivity index (χ3n) is 3.30. The molecule has 142 valence electrons. The van der Waals surface area contributed by atoms with Gasteiger partial charge in [-0.3, -0.25) is 9.59 Å². The number of hydrogen-bond acceptors (Lipinski definition) is 4. The van der Waals surface area contributed by atoms with Crippen LogP contribution in [0.15, 0.2) is 47.6 Å². The lowest BCUT2D eigenvalue weighted by Gasteiger charge is -2.07. The molecular weight excluding hydrogens is 389 g/mol. The van der Waals surface area contributed by atoms with Crippen molar-refractivity contribution in [2.75, 3.05) is 11.9 Å². The molecule has 27 heavy (non-hydrogen) atoms. The van der Waals surface area contributed by atoms with Gasteiger partial charge < -0.3 is 10.1 Å². The van der Waals surface area contributed by atoms with Crippen molar-refractivity contribution in [2.45, 2.75) is 19.8 Å². The quantitative estimate of drug-likeness (QED) is 0.389. The fourth-order valence-corrected chi connectivity index (χ4v) is 2.38. The van der Waals surface area contributed by atoms with E-state index in [1.807, 2.05) is 31.2 Å². The van der Waals surface area contributed by atoms with E-state index < -0.39 is 18.2 Å². The predicted molar refractivity (Wildman–Crippen MR) is 108 cm³/mol. The number of carbonyl (C=O) groups is 2. The van der Waals surface area contributed by atoms with Gasteiger partial charge >= 0.3 is 0 Å². The number of ether oxygens (including phenoxy) is 1. The lowest BCUT2D eigenvalue weighted by Crippen LogP contribution is -2.24. The van der Waals surface area contributed by atoms with Crippen molar-refractivity contribution in [1.82, 2.24) is 5.43 Å². The van der Waals surface area contributed by atoms with Crippen molar-refractivity contribution in [2.24, 2.45) is 5.10 Å². The van der Waals surface area contributed by atoms with Crippen LogP contribution in [0.4, 0.5) is 5.69 Å². The Morgan fingerprint density at radius 3 is 2.56 bits per heavy atom. The van der Waals surface area contributed by atoms with Gasteiger partial charge in [0.25, 0.3) is 0 Å². The standard InChI is InChI=1S/C19H19Cl2N3O3/c1-2-10-27-14-8-6-13(7-9-14)12-22-24-18(26)11-17(25)23-16-5-3-4-15(20)19(16)21/h3-9,12H,2,10-11H2,1H3,(H,23,25)(H,24,26). The summed E-state index contributed by atoms with van der Waals surface area (Å²) >= 11 is 11.9. The zero-order valence-electron chi connectivity index (χ0n) is 14.7. The lowest BCUT2D eigenvalue weighted by atomic mass is 10.2. The van der Waals surface area contributed by atoms with Crippen LogP contribution in [0, 0.1) is 0 Å². The first-order valence-electron chi connectivity index (χ1n) is 8.28. The Morgan fingerprint density at radius 2 is 1.85 bits per heavy atom.